The summed E-state index contributed by atoms with van der Waals surface area (Å²) in [7, 11) is 1.60. The van der Waals surface area contributed by atoms with Crippen molar-refractivity contribution < 1.29 is 19.1 Å². The van der Waals surface area contributed by atoms with E-state index in [1.807, 2.05) is 4.90 Å². The molecular formula is C22H30N2O4. The number of piperidine rings is 1. The number of methoxy groups -OCH3 is 1. The fourth-order valence-corrected chi connectivity index (χ4v) is 4.52. The zero-order valence-electron chi connectivity index (χ0n) is 16.8. The first-order valence-electron chi connectivity index (χ1n) is 10.2. The van der Waals surface area contributed by atoms with Crippen molar-refractivity contribution in [2.45, 2.75) is 57.4 Å². The Morgan fingerprint density at radius 1 is 1.04 bits per heavy atom. The van der Waals surface area contributed by atoms with Crippen molar-refractivity contribution in [3.63, 3.8) is 0 Å². The number of rotatable bonds is 5. The van der Waals surface area contributed by atoms with Crippen LogP contribution in [0.1, 0.15) is 62.2 Å². The lowest BCUT2D eigenvalue weighted by atomic mass is 9.79. The number of nitrogens with zero attached hydrogens (tertiary/aromatic N) is 1. The Hall–Kier alpha value is -2.37. The number of likely N-dealkylation sites (tertiary alicyclic amines) is 1. The lowest BCUT2D eigenvalue weighted by Crippen LogP contribution is -2.61. The van der Waals surface area contributed by atoms with Gasteiger partial charge in [0.15, 0.2) is 5.78 Å². The quantitative estimate of drug-likeness (QED) is 0.790. The lowest BCUT2D eigenvalue weighted by Gasteiger charge is -2.42. The monoisotopic (exact) mass is 386 g/mol. The number of hydrogen-bond acceptors (Lipinski definition) is 4. The molecule has 0 spiro atoms. The Labute approximate surface area is 166 Å². The standard InChI is InChI=1S/C22H30N2O4/c1-16(25)23-22(12-4-3-5-13-22)21(27)24-14-10-18(11-15-24)20(26)17-6-8-19(28-2)9-7-17/h6-9,18H,3-5,10-15H2,1-2H3,(H,23,25). The van der Waals surface area contributed by atoms with Crippen LogP contribution < -0.4 is 10.1 Å². The number of amides is 2. The molecular weight excluding hydrogens is 356 g/mol. The Balaban J connectivity index is 1.62. The average Bonchev–Trinajstić information content (AvgIpc) is 2.73. The first-order chi connectivity index (χ1) is 13.4. The van der Waals surface area contributed by atoms with E-state index in [-0.39, 0.29) is 23.5 Å². The molecule has 2 aliphatic rings. The third-order valence-electron chi connectivity index (χ3n) is 6.06. The van der Waals surface area contributed by atoms with Gasteiger partial charge in [-0.25, -0.2) is 0 Å². The Morgan fingerprint density at radius 2 is 1.64 bits per heavy atom. The highest BCUT2D eigenvalue weighted by Gasteiger charge is 2.43. The molecule has 0 unspecified atom stereocenters. The van der Waals surface area contributed by atoms with Crippen LogP contribution in [-0.2, 0) is 9.59 Å². The molecule has 152 valence electrons. The van der Waals surface area contributed by atoms with Gasteiger partial charge in [-0.3, -0.25) is 14.4 Å². The van der Waals surface area contributed by atoms with Gasteiger partial charge in [-0.05, 0) is 49.9 Å². The van der Waals surface area contributed by atoms with Crippen LogP contribution in [0.25, 0.3) is 0 Å². The zero-order chi connectivity index (χ0) is 20.1. The second-order valence-corrected chi connectivity index (χ2v) is 7.98. The second-order valence-electron chi connectivity index (χ2n) is 7.98. The fourth-order valence-electron chi connectivity index (χ4n) is 4.52. The molecule has 1 N–H and O–H groups in total. The zero-order valence-corrected chi connectivity index (χ0v) is 16.8. The van der Waals surface area contributed by atoms with E-state index in [0.29, 0.717) is 44.3 Å². The van der Waals surface area contributed by atoms with E-state index in [1.165, 1.54) is 6.92 Å². The fraction of sp³-hybridized carbons (Fsp3) is 0.591. The summed E-state index contributed by atoms with van der Waals surface area (Å²) < 4.78 is 5.14. The van der Waals surface area contributed by atoms with Gasteiger partial charge in [0.25, 0.3) is 0 Å². The molecule has 3 rings (SSSR count). The third-order valence-corrected chi connectivity index (χ3v) is 6.06. The van der Waals surface area contributed by atoms with Crippen molar-refractivity contribution >= 4 is 17.6 Å². The molecule has 1 saturated carbocycles. The molecule has 0 bridgehead atoms. The molecule has 1 aromatic rings. The molecule has 2 amide bonds. The smallest absolute Gasteiger partial charge is 0.248 e. The summed E-state index contributed by atoms with van der Waals surface area (Å²) in [6.07, 6.45) is 5.75. The van der Waals surface area contributed by atoms with E-state index in [9.17, 15) is 14.4 Å². The van der Waals surface area contributed by atoms with Crippen molar-refractivity contribution in [2.75, 3.05) is 20.2 Å². The summed E-state index contributed by atoms with van der Waals surface area (Å²) >= 11 is 0. The summed E-state index contributed by atoms with van der Waals surface area (Å²) in [4.78, 5) is 39.6. The molecule has 0 radical (unpaired) electrons. The number of ketones is 1. The first-order valence-corrected chi connectivity index (χ1v) is 10.2. The first kappa shape index (κ1) is 20.4. The van der Waals surface area contributed by atoms with Crippen molar-refractivity contribution in [3.8, 4) is 5.75 Å². The second kappa shape index (κ2) is 8.76. The highest BCUT2D eigenvalue weighted by molar-refractivity contribution is 5.98. The molecule has 0 atom stereocenters. The molecule has 28 heavy (non-hydrogen) atoms. The van der Waals surface area contributed by atoms with Crippen molar-refractivity contribution in [2.24, 2.45) is 5.92 Å². The van der Waals surface area contributed by atoms with Gasteiger partial charge < -0.3 is 15.0 Å². The largest absolute Gasteiger partial charge is 0.497 e. The maximum absolute atomic E-state index is 13.2. The summed E-state index contributed by atoms with van der Waals surface area (Å²) in [6.45, 7) is 2.60. The van der Waals surface area contributed by atoms with Crippen LogP contribution in [-0.4, -0.2) is 48.2 Å². The van der Waals surface area contributed by atoms with Crippen LogP contribution >= 0.6 is 0 Å². The minimum absolute atomic E-state index is 0.0257. The molecule has 1 aromatic carbocycles. The molecule has 6 nitrogen and oxygen atoms in total. The van der Waals surface area contributed by atoms with Crippen molar-refractivity contribution in [1.82, 2.24) is 10.2 Å². The van der Waals surface area contributed by atoms with Gasteiger partial charge in [0.1, 0.15) is 11.3 Å². The van der Waals surface area contributed by atoms with E-state index in [2.05, 4.69) is 5.32 Å². The van der Waals surface area contributed by atoms with E-state index in [4.69, 9.17) is 4.74 Å². The van der Waals surface area contributed by atoms with E-state index in [0.717, 1.165) is 25.0 Å². The summed E-state index contributed by atoms with van der Waals surface area (Å²) in [5.41, 5.74) is -0.0655. The molecule has 1 saturated heterocycles. The van der Waals surface area contributed by atoms with Gasteiger partial charge in [-0.15, -0.1) is 0 Å². The molecule has 1 aliphatic heterocycles. The van der Waals surface area contributed by atoms with E-state index < -0.39 is 5.54 Å². The van der Waals surface area contributed by atoms with Crippen LogP contribution in [0.2, 0.25) is 0 Å². The van der Waals surface area contributed by atoms with Gasteiger partial charge in [0.05, 0.1) is 7.11 Å². The highest BCUT2D eigenvalue weighted by atomic mass is 16.5. The van der Waals surface area contributed by atoms with Gasteiger partial charge in [-0.1, -0.05) is 19.3 Å². The number of nitrogens with one attached hydrogen (secondary N) is 1. The third kappa shape index (κ3) is 4.37. The molecule has 0 aromatic heterocycles. The van der Waals surface area contributed by atoms with Crippen molar-refractivity contribution in [3.05, 3.63) is 29.8 Å². The van der Waals surface area contributed by atoms with Crippen LogP contribution in [0, 0.1) is 5.92 Å². The van der Waals surface area contributed by atoms with Crippen molar-refractivity contribution in [1.29, 1.82) is 0 Å². The summed E-state index contributed by atoms with van der Waals surface area (Å²) in [6, 6.07) is 7.19. The minimum atomic E-state index is -0.753. The maximum atomic E-state index is 13.2. The van der Waals surface area contributed by atoms with E-state index >= 15 is 0 Å². The number of benzene rings is 1. The Morgan fingerprint density at radius 3 is 2.18 bits per heavy atom. The van der Waals surface area contributed by atoms with Crippen LogP contribution in [0.15, 0.2) is 24.3 Å². The summed E-state index contributed by atoms with van der Waals surface area (Å²) in [5, 5.41) is 2.95. The molecule has 1 aliphatic carbocycles. The average molecular weight is 386 g/mol. The summed E-state index contributed by atoms with van der Waals surface area (Å²) in [5.74, 6) is 0.662. The number of hydrogen-bond donors (Lipinski definition) is 1. The number of carbonyl (C=O) groups excluding carboxylic acids is 3. The van der Waals surface area contributed by atoms with Gasteiger partial charge >= 0.3 is 0 Å². The Bertz CT molecular complexity index is 715. The number of ether oxygens (including phenoxy) is 1. The topological polar surface area (TPSA) is 75.7 Å². The Kier molecular flexibility index (Phi) is 6.37. The maximum Gasteiger partial charge on any atom is 0.248 e. The molecule has 2 fully saturated rings. The van der Waals surface area contributed by atoms with Crippen LogP contribution in [0.4, 0.5) is 0 Å². The SMILES string of the molecule is COc1ccc(C(=O)C2CCN(C(=O)C3(NC(C)=O)CCCCC3)CC2)cc1. The van der Waals surface area contributed by atoms with Crippen LogP contribution in [0.3, 0.4) is 0 Å². The molecule has 1 heterocycles. The van der Waals surface area contributed by atoms with Gasteiger partial charge in [0, 0.05) is 31.5 Å². The highest BCUT2D eigenvalue weighted by Crippen LogP contribution is 2.32. The number of Topliss-reactive ketones (excluding diaryl/α,β-unsaturated/α-hetero) is 1. The van der Waals surface area contributed by atoms with E-state index in [1.54, 1.807) is 31.4 Å². The van der Waals surface area contributed by atoms with Gasteiger partial charge in [-0.2, -0.15) is 0 Å². The predicted octanol–water partition coefficient (Wildman–Crippen LogP) is 2.96. The normalized spacial score (nSPS) is 19.7. The van der Waals surface area contributed by atoms with Crippen LogP contribution in [0.5, 0.6) is 5.75 Å². The van der Waals surface area contributed by atoms with Gasteiger partial charge in [0.2, 0.25) is 11.8 Å². The molecule has 6 heteroatoms. The predicted molar refractivity (Wildman–Crippen MR) is 106 cm³/mol. The number of carbonyl (C=O) groups is 3. The minimum Gasteiger partial charge on any atom is -0.497 e. The lowest BCUT2D eigenvalue weighted by molar-refractivity contribution is -0.144.